The van der Waals surface area contributed by atoms with Crippen LogP contribution in [-0.2, 0) is 13.5 Å². The van der Waals surface area contributed by atoms with Gasteiger partial charge in [0, 0.05) is 22.4 Å². The van der Waals surface area contributed by atoms with Crippen molar-refractivity contribution < 1.29 is 8.98 Å². The van der Waals surface area contributed by atoms with Gasteiger partial charge < -0.3 is 4.42 Å². The monoisotopic (exact) mass is 481 g/mol. The second-order valence-corrected chi connectivity index (χ2v) is 10.3. The predicted octanol–water partition coefficient (Wildman–Crippen LogP) is 8.96. The molecule has 0 amide bonds. The number of aromatic nitrogens is 1. The van der Waals surface area contributed by atoms with Crippen LogP contribution in [-0.4, -0.2) is 0 Å². The van der Waals surface area contributed by atoms with Crippen molar-refractivity contribution in [1.29, 1.82) is 0 Å². The second-order valence-electron chi connectivity index (χ2n) is 10.3. The van der Waals surface area contributed by atoms with Gasteiger partial charge in [0.25, 0.3) is 0 Å². The molecule has 6 aromatic rings. The molecule has 0 radical (unpaired) electrons. The zero-order valence-electron chi connectivity index (χ0n) is 21.7. The average molecular weight is 482 g/mol. The third kappa shape index (κ3) is 3.77. The molecule has 37 heavy (non-hydrogen) atoms. The summed E-state index contributed by atoms with van der Waals surface area (Å²) in [6.07, 6.45) is 3.21. The smallest absolute Gasteiger partial charge is 0.224 e. The largest absolute Gasteiger partial charge is 0.456 e. The summed E-state index contributed by atoms with van der Waals surface area (Å²) in [5, 5.41) is 4.54. The number of hydrogen-bond donors (Lipinski definition) is 0. The fourth-order valence-electron chi connectivity index (χ4n) is 5.59. The summed E-state index contributed by atoms with van der Waals surface area (Å²) in [6.45, 7) is 14.5. The fraction of sp³-hybridized carbons (Fsp3) is 0.176. The molecule has 0 aliphatic carbocycles. The molecule has 0 aliphatic heterocycles. The van der Waals surface area contributed by atoms with Gasteiger partial charge in [0.1, 0.15) is 18.2 Å². The third-order valence-corrected chi connectivity index (χ3v) is 7.26. The number of pyridine rings is 1. The highest BCUT2D eigenvalue weighted by molar-refractivity contribution is 6.16. The first-order valence-corrected chi connectivity index (χ1v) is 12.8. The molecule has 3 heteroatoms. The van der Waals surface area contributed by atoms with Gasteiger partial charge in [0.15, 0.2) is 11.9 Å². The number of rotatable bonds is 4. The minimum absolute atomic E-state index is 0.601. The van der Waals surface area contributed by atoms with Crippen LogP contribution < -0.4 is 4.57 Å². The lowest BCUT2D eigenvalue weighted by atomic mass is 9.94. The number of benzene rings is 4. The first-order valence-electron chi connectivity index (χ1n) is 12.8. The Morgan fingerprint density at radius 1 is 0.838 bits per heavy atom. The van der Waals surface area contributed by atoms with Crippen molar-refractivity contribution in [2.24, 2.45) is 13.0 Å². The summed E-state index contributed by atoms with van der Waals surface area (Å²) >= 11 is 0. The minimum Gasteiger partial charge on any atom is -0.456 e. The van der Waals surface area contributed by atoms with Crippen LogP contribution in [0.25, 0.3) is 59.9 Å². The highest BCUT2D eigenvalue weighted by Crippen LogP contribution is 2.45. The van der Waals surface area contributed by atoms with Crippen LogP contribution in [0.4, 0.5) is 5.69 Å². The molecule has 6 rings (SSSR count). The summed E-state index contributed by atoms with van der Waals surface area (Å²) in [6, 6.07) is 27.4. The van der Waals surface area contributed by atoms with Gasteiger partial charge in [-0.25, -0.2) is 9.41 Å². The van der Waals surface area contributed by atoms with Gasteiger partial charge in [-0.1, -0.05) is 80.6 Å². The van der Waals surface area contributed by atoms with Gasteiger partial charge >= 0.3 is 0 Å². The van der Waals surface area contributed by atoms with Crippen LogP contribution in [0, 0.1) is 19.4 Å². The lowest BCUT2D eigenvalue weighted by molar-refractivity contribution is -0.659. The van der Waals surface area contributed by atoms with Crippen molar-refractivity contribution in [1.82, 2.24) is 0 Å². The Hall–Kier alpha value is -4.42. The van der Waals surface area contributed by atoms with Crippen molar-refractivity contribution in [2.75, 3.05) is 0 Å². The summed E-state index contributed by atoms with van der Waals surface area (Å²) < 4.78 is 8.97. The lowest BCUT2D eigenvalue weighted by Crippen LogP contribution is -2.30. The van der Waals surface area contributed by atoms with Gasteiger partial charge in [-0.3, -0.25) is 0 Å². The number of nitrogens with zero attached hydrogens (tertiary/aromatic N) is 2. The van der Waals surface area contributed by atoms with E-state index in [1.807, 2.05) is 42.5 Å². The molecule has 3 nitrogen and oxygen atoms in total. The van der Waals surface area contributed by atoms with Crippen molar-refractivity contribution in [3.05, 3.63) is 108 Å². The zero-order valence-corrected chi connectivity index (χ0v) is 21.7. The fourth-order valence-corrected chi connectivity index (χ4v) is 5.59. The van der Waals surface area contributed by atoms with E-state index in [0.717, 1.165) is 56.3 Å². The van der Waals surface area contributed by atoms with Gasteiger partial charge in [0.2, 0.25) is 5.69 Å². The second kappa shape index (κ2) is 8.91. The highest BCUT2D eigenvalue weighted by atomic mass is 16.3. The van der Waals surface area contributed by atoms with Crippen LogP contribution in [0.15, 0.2) is 89.5 Å². The van der Waals surface area contributed by atoms with Gasteiger partial charge in [0.05, 0.1) is 17.5 Å². The maximum absolute atomic E-state index is 7.81. The van der Waals surface area contributed by atoms with Crippen LogP contribution in [0.1, 0.15) is 25.0 Å². The standard InChI is InChI=1S/C34H29N2O/c1-21(2)19-23-12-14-26-25(20-23)17-18-36(5)32(26)30-22(3)11-13-27-28-15-16-29(35-4)31(34(28)37-33(27)30)24-9-7-6-8-10-24/h6-18,20-21H,19H2,1-3,5H3/q+1. The van der Waals surface area contributed by atoms with E-state index < -0.39 is 0 Å². The molecular weight excluding hydrogens is 452 g/mol. The van der Waals surface area contributed by atoms with Crippen molar-refractivity contribution in [3.63, 3.8) is 0 Å². The number of aryl methyl sites for hydroxylation is 2. The lowest BCUT2D eigenvalue weighted by Gasteiger charge is -2.11. The predicted molar refractivity (Wildman–Crippen MR) is 153 cm³/mol. The summed E-state index contributed by atoms with van der Waals surface area (Å²) in [7, 11) is 2.10. The Balaban J connectivity index is 1.69. The van der Waals surface area contributed by atoms with Gasteiger partial charge in [-0.15, -0.1) is 0 Å². The van der Waals surface area contributed by atoms with E-state index in [2.05, 4.69) is 79.8 Å². The van der Waals surface area contributed by atoms with E-state index in [1.165, 1.54) is 16.3 Å². The van der Waals surface area contributed by atoms with E-state index >= 15 is 0 Å². The molecule has 4 aromatic carbocycles. The Morgan fingerprint density at radius 2 is 1.54 bits per heavy atom. The van der Waals surface area contributed by atoms with Gasteiger partial charge in [-0.2, -0.15) is 0 Å². The van der Waals surface area contributed by atoms with E-state index in [1.54, 1.807) is 0 Å². The Kier molecular flexibility index (Phi) is 5.54. The first kappa shape index (κ1) is 23.0. The molecule has 0 atom stereocenters. The first-order chi connectivity index (χ1) is 18.0. The van der Waals surface area contributed by atoms with E-state index in [0.29, 0.717) is 11.6 Å². The van der Waals surface area contributed by atoms with Crippen molar-refractivity contribution in [2.45, 2.75) is 27.2 Å². The molecule has 0 saturated carbocycles. The Morgan fingerprint density at radius 3 is 2.27 bits per heavy atom. The van der Waals surface area contributed by atoms with Crippen LogP contribution >= 0.6 is 0 Å². The normalized spacial score (nSPS) is 11.6. The third-order valence-electron chi connectivity index (χ3n) is 7.26. The molecule has 0 saturated heterocycles. The molecule has 2 aromatic heterocycles. The Bertz CT molecular complexity index is 1850. The SMILES string of the molecule is [C-]#[N+]c1ccc2c(oc3c(-c4c5ccc(CC(C)C)cc5cc[n+]4C)c(C)ccc32)c1-c1ccccc1. The van der Waals surface area contributed by atoms with Crippen LogP contribution in [0.5, 0.6) is 0 Å². The minimum atomic E-state index is 0.601. The maximum Gasteiger partial charge on any atom is 0.224 e. The molecular formula is C34H29N2O+. The van der Waals surface area contributed by atoms with E-state index in [9.17, 15) is 0 Å². The maximum atomic E-state index is 7.81. The topological polar surface area (TPSA) is 21.4 Å². The van der Waals surface area contributed by atoms with Crippen molar-refractivity contribution in [3.8, 4) is 22.4 Å². The molecule has 0 aliphatic rings. The summed E-state index contributed by atoms with van der Waals surface area (Å²) in [5.41, 5.74) is 8.84. The van der Waals surface area contributed by atoms with E-state index in [4.69, 9.17) is 11.0 Å². The molecule has 0 fully saturated rings. The molecule has 0 spiro atoms. The number of fused-ring (bicyclic) bond motifs is 4. The Labute approximate surface area is 217 Å². The summed E-state index contributed by atoms with van der Waals surface area (Å²) in [4.78, 5) is 3.83. The summed E-state index contributed by atoms with van der Waals surface area (Å²) in [5.74, 6) is 0.613. The van der Waals surface area contributed by atoms with E-state index in [-0.39, 0.29) is 0 Å². The number of hydrogen-bond acceptors (Lipinski definition) is 1. The molecule has 180 valence electrons. The van der Waals surface area contributed by atoms with Crippen LogP contribution in [0.3, 0.4) is 0 Å². The van der Waals surface area contributed by atoms with Gasteiger partial charge in [-0.05, 0) is 47.4 Å². The average Bonchev–Trinajstić information content (AvgIpc) is 3.27. The van der Waals surface area contributed by atoms with Crippen molar-refractivity contribution >= 4 is 38.4 Å². The molecule has 0 unspecified atom stereocenters. The van der Waals surface area contributed by atoms with Crippen LogP contribution in [0.2, 0.25) is 0 Å². The molecule has 0 bridgehead atoms. The highest BCUT2D eigenvalue weighted by Gasteiger charge is 2.25. The molecule has 0 N–H and O–H groups in total. The number of furan rings is 1. The quantitative estimate of drug-likeness (QED) is 0.182. The molecule has 2 heterocycles. The zero-order chi connectivity index (χ0) is 25.7.